The molecule has 178 valence electrons. The van der Waals surface area contributed by atoms with Crippen molar-refractivity contribution in [2.45, 2.75) is 31.6 Å². The minimum atomic E-state index is -0.348. The van der Waals surface area contributed by atoms with E-state index in [0.29, 0.717) is 29.0 Å². The molecule has 0 saturated carbocycles. The van der Waals surface area contributed by atoms with E-state index in [2.05, 4.69) is 15.5 Å². The van der Waals surface area contributed by atoms with Crippen LogP contribution in [0.15, 0.2) is 71.9 Å². The Kier molecular flexibility index (Phi) is 6.41. The van der Waals surface area contributed by atoms with Crippen molar-refractivity contribution in [3.05, 3.63) is 72.6 Å². The van der Waals surface area contributed by atoms with Crippen LogP contribution in [-0.2, 0) is 16.1 Å². The van der Waals surface area contributed by atoms with Crippen LogP contribution in [0.5, 0.6) is 5.75 Å². The molecule has 1 aliphatic heterocycles. The summed E-state index contributed by atoms with van der Waals surface area (Å²) in [5.74, 6) is 1.26. The van der Waals surface area contributed by atoms with Crippen LogP contribution < -0.4 is 15.0 Å². The van der Waals surface area contributed by atoms with Gasteiger partial charge in [-0.25, -0.2) is 0 Å². The average Bonchev–Trinajstić information content (AvgIpc) is 3.30. The molecule has 35 heavy (non-hydrogen) atoms. The van der Waals surface area contributed by atoms with E-state index in [0.717, 1.165) is 16.5 Å². The first-order valence-corrected chi connectivity index (χ1v) is 12.4. The number of thioether (sulfide) groups is 1. The molecule has 4 aromatic rings. The zero-order chi connectivity index (χ0) is 24.4. The number of benzene rings is 3. The van der Waals surface area contributed by atoms with Crippen LogP contribution in [-0.4, -0.2) is 38.9 Å². The lowest BCUT2D eigenvalue weighted by Gasteiger charge is -2.33. The highest BCUT2D eigenvalue weighted by atomic mass is 32.2. The van der Waals surface area contributed by atoms with Gasteiger partial charge in [0.15, 0.2) is 17.6 Å². The van der Waals surface area contributed by atoms with Crippen molar-refractivity contribution in [3.8, 4) is 5.75 Å². The minimum Gasteiger partial charge on any atom is -0.482 e. The van der Waals surface area contributed by atoms with Gasteiger partial charge >= 0.3 is 0 Å². The molecule has 0 spiro atoms. The van der Waals surface area contributed by atoms with Crippen LogP contribution in [0.1, 0.15) is 25.7 Å². The molecule has 3 aromatic carbocycles. The molecule has 0 bridgehead atoms. The van der Waals surface area contributed by atoms with Crippen molar-refractivity contribution in [2.75, 3.05) is 22.6 Å². The minimum absolute atomic E-state index is 0.0163. The number of ether oxygens (including phenoxy) is 1. The maximum atomic E-state index is 12.7. The van der Waals surface area contributed by atoms with Crippen molar-refractivity contribution in [2.24, 2.45) is 0 Å². The second kappa shape index (κ2) is 9.79. The summed E-state index contributed by atoms with van der Waals surface area (Å²) in [5.41, 5.74) is 1.50. The highest BCUT2D eigenvalue weighted by molar-refractivity contribution is 7.99. The molecule has 1 atom stereocenters. The standard InChI is InChI=1S/C26H25N5O3S/c1-3-30-25(17(2)31-21-13-6-7-14-22(21)34-15-24(31)33)28-29-26(30)35-16-23(32)27-20-12-8-10-18-9-4-5-11-19(18)20/h4-14,17H,3,15-16H2,1-2H3,(H,27,32)/t17-/m1/s1. The Hall–Kier alpha value is -3.85. The molecular weight excluding hydrogens is 462 g/mol. The first-order chi connectivity index (χ1) is 17.1. The Morgan fingerprint density at radius 2 is 1.86 bits per heavy atom. The molecule has 8 nitrogen and oxygen atoms in total. The normalized spacial score (nSPS) is 13.9. The zero-order valence-electron chi connectivity index (χ0n) is 19.5. The van der Waals surface area contributed by atoms with E-state index in [9.17, 15) is 9.59 Å². The molecular formula is C26H25N5O3S. The number of carbonyl (C=O) groups excluding carboxylic acids is 2. The first kappa shape index (κ1) is 22.9. The molecule has 1 aromatic heterocycles. The van der Waals surface area contributed by atoms with Gasteiger partial charge in [0.05, 0.1) is 17.5 Å². The number of rotatable bonds is 7. The first-order valence-electron chi connectivity index (χ1n) is 11.4. The highest BCUT2D eigenvalue weighted by Crippen LogP contribution is 2.37. The number of hydrogen-bond acceptors (Lipinski definition) is 6. The Morgan fingerprint density at radius 3 is 2.71 bits per heavy atom. The second-order valence-corrected chi connectivity index (χ2v) is 9.09. The maximum absolute atomic E-state index is 12.7. The number of anilines is 2. The molecule has 0 fully saturated rings. The third-order valence-corrected chi connectivity index (χ3v) is 6.93. The summed E-state index contributed by atoms with van der Waals surface area (Å²) in [7, 11) is 0. The number of carbonyl (C=O) groups is 2. The number of fused-ring (bicyclic) bond motifs is 2. The Morgan fingerprint density at radius 1 is 1.09 bits per heavy atom. The monoisotopic (exact) mass is 487 g/mol. The lowest BCUT2D eigenvalue weighted by atomic mass is 10.1. The summed E-state index contributed by atoms with van der Waals surface area (Å²) in [4.78, 5) is 27.2. The largest absolute Gasteiger partial charge is 0.482 e. The van der Waals surface area contributed by atoms with Crippen LogP contribution in [0.25, 0.3) is 10.8 Å². The van der Waals surface area contributed by atoms with E-state index in [-0.39, 0.29) is 30.2 Å². The SMILES string of the molecule is CCn1c(SCC(=O)Nc2cccc3ccccc23)nnc1[C@@H](C)N1C(=O)COc2ccccc21. The van der Waals surface area contributed by atoms with Gasteiger partial charge in [0, 0.05) is 17.6 Å². The van der Waals surface area contributed by atoms with Gasteiger partial charge in [0.1, 0.15) is 5.75 Å². The smallest absolute Gasteiger partial charge is 0.265 e. The van der Waals surface area contributed by atoms with E-state index < -0.39 is 0 Å². The Labute approximate surface area is 207 Å². The van der Waals surface area contributed by atoms with Crippen LogP contribution in [0.4, 0.5) is 11.4 Å². The van der Waals surface area contributed by atoms with E-state index in [1.165, 1.54) is 11.8 Å². The van der Waals surface area contributed by atoms with E-state index in [1.807, 2.05) is 85.1 Å². The maximum Gasteiger partial charge on any atom is 0.265 e. The molecule has 0 unspecified atom stereocenters. The van der Waals surface area contributed by atoms with Gasteiger partial charge in [-0.05, 0) is 37.4 Å². The topological polar surface area (TPSA) is 89.4 Å². The Balaban J connectivity index is 1.32. The van der Waals surface area contributed by atoms with E-state index in [1.54, 1.807) is 4.90 Å². The molecule has 2 heterocycles. The van der Waals surface area contributed by atoms with Gasteiger partial charge in [0.25, 0.3) is 5.91 Å². The number of nitrogens with one attached hydrogen (secondary N) is 1. The van der Waals surface area contributed by atoms with Crippen LogP contribution in [0.2, 0.25) is 0 Å². The van der Waals surface area contributed by atoms with Crippen LogP contribution in [0, 0.1) is 0 Å². The number of amides is 2. The van der Waals surface area contributed by atoms with Crippen LogP contribution in [0.3, 0.4) is 0 Å². The van der Waals surface area contributed by atoms with Gasteiger partial charge in [-0.1, -0.05) is 60.3 Å². The van der Waals surface area contributed by atoms with Crippen molar-refractivity contribution in [1.29, 1.82) is 0 Å². The third-order valence-electron chi connectivity index (χ3n) is 5.96. The van der Waals surface area contributed by atoms with Gasteiger partial charge in [0.2, 0.25) is 5.91 Å². The van der Waals surface area contributed by atoms with Crippen molar-refractivity contribution in [1.82, 2.24) is 14.8 Å². The van der Waals surface area contributed by atoms with Gasteiger partial charge in [-0.3, -0.25) is 14.5 Å². The summed E-state index contributed by atoms with van der Waals surface area (Å²) in [5, 5.41) is 14.4. The van der Waals surface area contributed by atoms with Crippen molar-refractivity contribution in [3.63, 3.8) is 0 Å². The highest BCUT2D eigenvalue weighted by Gasteiger charge is 2.33. The lowest BCUT2D eigenvalue weighted by Crippen LogP contribution is -2.41. The predicted molar refractivity (Wildman–Crippen MR) is 137 cm³/mol. The summed E-state index contributed by atoms with van der Waals surface area (Å²) in [6.07, 6.45) is 0. The second-order valence-electron chi connectivity index (χ2n) is 8.14. The van der Waals surface area contributed by atoms with Crippen molar-refractivity contribution < 1.29 is 14.3 Å². The Bertz CT molecular complexity index is 1400. The quantitative estimate of drug-likeness (QED) is 0.381. The predicted octanol–water partition coefficient (Wildman–Crippen LogP) is 4.67. The molecule has 0 saturated heterocycles. The molecule has 0 aliphatic carbocycles. The number of para-hydroxylation sites is 2. The number of aromatic nitrogens is 3. The summed E-state index contributed by atoms with van der Waals surface area (Å²) >= 11 is 1.32. The molecule has 1 aliphatic rings. The fourth-order valence-electron chi connectivity index (χ4n) is 4.33. The van der Waals surface area contributed by atoms with E-state index >= 15 is 0 Å². The fourth-order valence-corrected chi connectivity index (χ4v) is 5.13. The number of nitrogens with zero attached hydrogens (tertiary/aromatic N) is 4. The summed E-state index contributed by atoms with van der Waals surface area (Å²) < 4.78 is 7.52. The van der Waals surface area contributed by atoms with Gasteiger partial charge in [-0.15, -0.1) is 10.2 Å². The molecule has 9 heteroatoms. The molecule has 1 N–H and O–H groups in total. The zero-order valence-corrected chi connectivity index (χ0v) is 20.3. The summed E-state index contributed by atoms with van der Waals surface area (Å²) in [6, 6.07) is 20.9. The summed E-state index contributed by atoms with van der Waals surface area (Å²) in [6.45, 7) is 4.52. The fraction of sp³-hybridized carbons (Fsp3) is 0.231. The lowest BCUT2D eigenvalue weighted by molar-refractivity contribution is -0.121. The molecule has 2 amide bonds. The van der Waals surface area contributed by atoms with Gasteiger partial charge in [-0.2, -0.15) is 0 Å². The van der Waals surface area contributed by atoms with Crippen LogP contribution >= 0.6 is 11.8 Å². The van der Waals surface area contributed by atoms with Gasteiger partial charge < -0.3 is 14.6 Å². The number of hydrogen-bond donors (Lipinski definition) is 1. The van der Waals surface area contributed by atoms with Crippen molar-refractivity contribution >= 4 is 45.7 Å². The third kappa shape index (κ3) is 4.46. The average molecular weight is 488 g/mol. The molecule has 0 radical (unpaired) electrons. The van der Waals surface area contributed by atoms with E-state index in [4.69, 9.17) is 4.74 Å². The molecule has 5 rings (SSSR count).